The molecule has 32 heavy (non-hydrogen) atoms. The number of hydrogen-bond acceptors (Lipinski definition) is 3. The maximum absolute atomic E-state index is 13.1. The molecule has 4 saturated carbocycles. The maximum Gasteiger partial charge on any atom is 0.245 e. The average molecular weight is 457 g/mol. The van der Waals surface area contributed by atoms with E-state index in [2.05, 4.69) is 17.4 Å². The van der Waals surface area contributed by atoms with Gasteiger partial charge in [0.15, 0.2) is 0 Å². The summed E-state index contributed by atoms with van der Waals surface area (Å²) in [4.78, 5) is 12.5. The van der Waals surface area contributed by atoms with Crippen molar-refractivity contribution < 1.29 is 17.6 Å². The first-order chi connectivity index (χ1) is 15.2. The summed E-state index contributed by atoms with van der Waals surface area (Å²) >= 11 is 0. The first kappa shape index (κ1) is 21.4. The molecule has 0 atom stereocenters. The number of halogens is 1. The minimum atomic E-state index is -3.66. The van der Waals surface area contributed by atoms with Crippen LogP contribution in [0.15, 0.2) is 48.5 Å². The Kier molecular flexibility index (Phi) is 5.27. The van der Waals surface area contributed by atoms with Crippen LogP contribution in [0.5, 0.6) is 0 Å². The van der Waals surface area contributed by atoms with E-state index in [0.29, 0.717) is 11.4 Å². The van der Waals surface area contributed by atoms with Gasteiger partial charge in [-0.25, -0.2) is 12.8 Å². The van der Waals surface area contributed by atoms with Gasteiger partial charge in [-0.1, -0.05) is 12.1 Å². The number of anilines is 2. The molecule has 2 aromatic carbocycles. The van der Waals surface area contributed by atoms with Gasteiger partial charge in [-0.3, -0.25) is 9.10 Å². The van der Waals surface area contributed by atoms with E-state index < -0.39 is 21.7 Å². The highest BCUT2D eigenvalue weighted by molar-refractivity contribution is 7.92. The molecule has 5 nitrogen and oxygen atoms in total. The lowest BCUT2D eigenvalue weighted by atomic mass is 9.48. The molecule has 0 saturated heterocycles. The van der Waals surface area contributed by atoms with Crippen LogP contribution in [-0.4, -0.2) is 27.1 Å². The van der Waals surface area contributed by atoms with Gasteiger partial charge in [0.2, 0.25) is 15.9 Å². The number of rotatable bonds is 6. The van der Waals surface area contributed by atoms with E-state index in [1.807, 2.05) is 12.1 Å². The van der Waals surface area contributed by atoms with Crippen LogP contribution >= 0.6 is 0 Å². The summed E-state index contributed by atoms with van der Waals surface area (Å²) in [7, 11) is -3.66. The first-order valence-corrected chi connectivity index (χ1v) is 13.2. The van der Waals surface area contributed by atoms with E-state index in [1.165, 1.54) is 68.4 Å². The minimum Gasteiger partial charge on any atom is -0.325 e. The second-order valence-electron chi connectivity index (χ2n) is 10.1. The van der Waals surface area contributed by atoms with Crippen molar-refractivity contribution in [2.45, 2.75) is 43.9 Å². The number of carbonyl (C=O) groups is 1. The summed E-state index contributed by atoms with van der Waals surface area (Å²) in [6.07, 6.45) is 8.97. The lowest BCUT2D eigenvalue weighted by molar-refractivity contribution is -0.114. The molecule has 0 spiro atoms. The van der Waals surface area contributed by atoms with Crippen molar-refractivity contribution in [3.63, 3.8) is 0 Å². The van der Waals surface area contributed by atoms with Crippen molar-refractivity contribution >= 4 is 27.3 Å². The van der Waals surface area contributed by atoms with Crippen LogP contribution in [0, 0.1) is 23.6 Å². The molecule has 0 aromatic heterocycles. The Hall–Kier alpha value is -2.41. The number of sulfonamides is 1. The van der Waals surface area contributed by atoms with Crippen LogP contribution in [0.25, 0.3) is 0 Å². The number of benzene rings is 2. The summed E-state index contributed by atoms with van der Waals surface area (Å²) in [6, 6.07) is 13.2. The van der Waals surface area contributed by atoms with E-state index in [4.69, 9.17) is 0 Å². The third-order valence-corrected chi connectivity index (χ3v) is 8.76. The third kappa shape index (κ3) is 4.15. The Balaban J connectivity index is 1.34. The normalized spacial score (nSPS) is 28.5. The van der Waals surface area contributed by atoms with E-state index in [1.54, 1.807) is 0 Å². The first-order valence-electron chi connectivity index (χ1n) is 11.3. The predicted molar refractivity (Wildman–Crippen MR) is 124 cm³/mol. The monoisotopic (exact) mass is 456 g/mol. The van der Waals surface area contributed by atoms with Gasteiger partial charge in [0.25, 0.3) is 0 Å². The molecule has 4 fully saturated rings. The van der Waals surface area contributed by atoms with E-state index in [-0.39, 0.29) is 12.0 Å². The summed E-state index contributed by atoms with van der Waals surface area (Å²) in [5, 5.41) is 2.63. The molecule has 4 bridgehead atoms. The van der Waals surface area contributed by atoms with Gasteiger partial charge in [0.1, 0.15) is 12.4 Å². The van der Waals surface area contributed by atoms with Gasteiger partial charge in [-0.15, -0.1) is 0 Å². The molecule has 2 aromatic rings. The van der Waals surface area contributed by atoms with Crippen LogP contribution in [0.3, 0.4) is 0 Å². The van der Waals surface area contributed by atoms with Gasteiger partial charge in [0.05, 0.1) is 11.9 Å². The molecule has 4 aliphatic rings. The van der Waals surface area contributed by atoms with Crippen molar-refractivity contribution in [1.82, 2.24) is 0 Å². The molecule has 0 heterocycles. The van der Waals surface area contributed by atoms with Crippen LogP contribution in [0.4, 0.5) is 15.8 Å². The van der Waals surface area contributed by atoms with Crippen LogP contribution in [0.2, 0.25) is 0 Å². The highest BCUT2D eigenvalue weighted by Gasteiger charge is 2.51. The van der Waals surface area contributed by atoms with Crippen LogP contribution < -0.4 is 9.62 Å². The Morgan fingerprint density at radius 3 is 2.00 bits per heavy atom. The lowest BCUT2D eigenvalue weighted by Crippen LogP contribution is -2.48. The van der Waals surface area contributed by atoms with Crippen LogP contribution in [0.1, 0.15) is 44.1 Å². The molecule has 0 unspecified atom stereocenters. The minimum absolute atomic E-state index is 0.239. The van der Waals surface area contributed by atoms with Gasteiger partial charge in [-0.2, -0.15) is 0 Å². The summed E-state index contributed by atoms with van der Waals surface area (Å²) in [6.45, 7) is -0.340. The van der Waals surface area contributed by atoms with Crippen molar-refractivity contribution in [2.24, 2.45) is 17.8 Å². The highest BCUT2D eigenvalue weighted by Crippen LogP contribution is 2.60. The van der Waals surface area contributed by atoms with Gasteiger partial charge < -0.3 is 5.32 Å². The van der Waals surface area contributed by atoms with Gasteiger partial charge in [0, 0.05) is 5.69 Å². The molecule has 0 radical (unpaired) electrons. The molecule has 0 aliphatic heterocycles. The standard InChI is InChI=1S/C25H29FN2O3S/c1-32(30,31)28(16-24(29)27-22-6-4-21(26)5-7-22)23-8-2-20(3-9-23)25-13-17-10-18(14-25)12-19(11-17)15-25/h2-9,17-19H,10-16H2,1H3,(H,27,29). The number of nitrogens with zero attached hydrogens (tertiary/aromatic N) is 1. The van der Waals surface area contributed by atoms with Crippen LogP contribution in [-0.2, 0) is 20.2 Å². The van der Waals surface area contributed by atoms with Gasteiger partial charge >= 0.3 is 0 Å². The topological polar surface area (TPSA) is 66.5 Å². The molecule has 7 heteroatoms. The molecule has 1 amide bonds. The number of carbonyl (C=O) groups excluding carboxylic acids is 1. The Bertz CT molecular complexity index is 1080. The zero-order valence-corrected chi connectivity index (χ0v) is 19.1. The van der Waals surface area contributed by atoms with Crippen molar-refractivity contribution in [3.05, 3.63) is 59.9 Å². The SMILES string of the molecule is CS(=O)(=O)N(CC(=O)Nc1ccc(F)cc1)c1ccc(C23CC4CC(CC(C4)C2)C3)cc1. The Morgan fingerprint density at radius 1 is 0.969 bits per heavy atom. The molecule has 4 aliphatic carbocycles. The lowest BCUT2D eigenvalue weighted by Gasteiger charge is -2.57. The van der Waals surface area contributed by atoms with Crippen molar-refractivity contribution in [1.29, 1.82) is 0 Å². The summed E-state index contributed by atoms with van der Waals surface area (Å²) < 4.78 is 39.1. The van der Waals surface area contributed by atoms with E-state index >= 15 is 0 Å². The molecule has 6 rings (SSSR count). The number of nitrogens with one attached hydrogen (secondary N) is 1. The summed E-state index contributed by atoms with van der Waals surface area (Å²) in [5.41, 5.74) is 2.45. The summed E-state index contributed by atoms with van der Waals surface area (Å²) in [5.74, 6) is 1.63. The average Bonchev–Trinajstić information content (AvgIpc) is 2.72. The van der Waals surface area contributed by atoms with Crippen molar-refractivity contribution in [3.8, 4) is 0 Å². The number of amides is 1. The zero-order chi connectivity index (χ0) is 22.5. The molecule has 170 valence electrons. The molecular formula is C25H29FN2O3S. The fourth-order valence-corrected chi connectivity index (χ4v) is 7.57. The Labute approximate surface area is 189 Å². The van der Waals surface area contributed by atoms with E-state index in [0.717, 1.165) is 28.3 Å². The predicted octanol–water partition coefficient (Wildman–Crippen LogP) is 4.70. The smallest absolute Gasteiger partial charge is 0.245 e. The largest absolute Gasteiger partial charge is 0.325 e. The van der Waals surface area contributed by atoms with Crippen molar-refractivity contribution in [2.75, 3.05) is 22.4 Å². The number of hydrogen-bond donors (Lipinski definition) is 1. The molecular weight excluding hydrogens is 427 g/mol. The molecule has 1 N–H and O–H groups in total. The van der Waals surface area contributed by atoms with Gasteiger partial charge in [-0.05, 0) is 104 Å². The fourth-order valence-electron chi connectivity index (χ4n) is 6.71. The third-order valence-electron chi connectivity index (χ3n) is 7.62. The highest BCUT2D eigenvalue weighted by atomic mass is 32.2. The second-order valence-corrected chi connectivity index (χ2v) is 12.0. The second kappa shape index (κ2) is 7.87. The Morgan fingerprint density at radius 2 is 1.50 bits per heavy atom. The maximum atomic E-state index is 13.1. The fraction of sp³-hybridized carbons (Fsp3) is 0.480. The quantitative estimate of drug-likeness (QED) is 0.685. The zero-order valence-electron chi connectivity index (χ0n) is 18.3. The van der Waals surface area contributed by atoms with E-state index in [9.17, 15) is 17.6 Å².